The third kappa shape index (κ3) is 2.43. The zero-order valence-electron chi connectivity index (χ0n) is 11.1. The maximum absolute atomic E-state index is 12.2. The van der Waals surface area contributed by atoms with Gasteiger partial charge in [-0.1, -0.05) is 30.3 Å². The van der Waals surface area contributed by atoms with Gasteiger partial charge in [0.05, 0.1) is 18.2 Å². The van der Waals surface area contributed by atoms with Gasteiger partial charge in [-0.25, -0.2) is 0 Å². The summed E-state index contributed by atoms with van der Waals surface area (Å²) in [6.07, 6.45) is 1.05. The van der Waals surface area contributed by atoms with Crippen LogP contribution in [0.4, 0.5) is 0 Å². The topological polar surface area (TPSA) is 67.5 Å². The van der Waals surface area contributed by atoms with E-state index in [4.69, 9.17) is 4.42 Å². The molecule has 0 fully saturated rings. The number of Topliss-reactive ketones (excluding diaryl/α,β-unsaturated/α-hetero) is 2. The van der Waals surface area contributed by atoms with Gasteiger partial charge in [0.15, 0.2) is 11.5 Å². The molecule has 104 valence electrons. The zero-order chi connectivity index (χ0) is 14.8. The third-order valence-electron chi connectivity index (χ3n) is 3.32. The second-order valence-corrected chi connectivity index (χ2v) is 4.68. The molecule has 4 heteroatoms. The number of phenols is 1. The Morgan fingerprint density at radius 3 is 2.52 bits per heavy atom. The van der Waals surface area contributed by atoms with Crippen LogP contribution in [0.3, 0.4) is 0 Å². The quantitative estimate of drug-likeness (QED) is 0.585. The van der Waals surface area contributed by atoms with Crippen LogP contribution in [0.1, 0.15) is 27.3 Å². The number of carbonyl (C=O) groups excluding carboxylic acids is 2. The molecular formula is C17H12O4. The summed E-state index contributed by atoms with van der Waals surface area (Å²) in [6, 6.07) is 13.6. The SMILES string of the molecule is O=C(CC(=O)c1ccc2ccccc2c1O)c1ccco1. The lowest BCUT2D eigenvalue weighted by atomic mass is 9.99. The molecule has 0 unspecified atom stereocenters. The molecule has 3 aromatic rings. The van der Waals surface area contributed by atoms with Crippen molar-refractivity contribution in [2.75, 3.05) is 0 Å². The number of furan rings is 1. The second kappa shape index (κ2) is 5.25. The lowest BCUT2D eigenvalue weighted by molar-refractivity contribution is 0.0877. The van der Waals surface area contributed by atoms with E-state index in [1.54, 1.807) is 24.3 Å². The van der Waals surface area contributed by atoms with Crippen LogP contribution in [0.15, 0.2) is 59.2 Å². The van der Waals surface area contributed by atoms with Crippen LogP contribution in [0.25, 0.3) is 10.8 Å². The van der Waals surface area contributed by atoms with Crippen LogP contribution in [-0.2, 0) is 0 Å². The van der Waals surface area contributed by atoms with Crippen molar-refractivity contribution >= 4 is 22.3 Å². The van der Waals surface area contributed by atoms with Gasteiger partial charge in [0, 0.05) is 5.39 Å². The minimum atomic E-state index is -0.431. The van der Waals surface area contributed by atoms with E-state index in [-0.39, 0.29) is 23.5 Å². The zero-order valence-corrected chi connectivity index (χ0v) is 11.1. The first-order valence-electron chi connectivity index (χ1n) is 6.47. The molecule has 3 rings (SSSR count). The predicted molar refractivity (Wildman–Crippen MR) is 77.6 cm³/mol. The molecule has 4 nitrogen and oxygen atoms in total. The Labute approximate surface area is 120 Å². The van der Waals surface area contributed by atoms with E-state index in [1.807, 2.05) is 12.1 Å². The van der Waals surface area contributed by atoms with Gasteiger partial charge in [0.2, 0.25) is 5.78 Å². The van der Waals surface area contributed by atoms with Crippen LogP contribution in [-0.4, -0.2) is 16.7 Å². The predicted octanol–water partition coefficient (Wildman–Crippen LogP) is 3.59. The number of benzene rings is 2. The van der Waals surface area contributed by atoms with Crippen molar-refractivity contribution in [1.82, 2.24) is 0 Å². The van der Waals surface area contributed by atoms with Crippen molar-refractivity contribution in [3.8, 4) is 5.75 Å². The van der Waals surface area contributed by atoms with Crippen LogP contribution in [0.5, 0.6) is 5.75 Å². The summed E-state index contributed by atoms with van der Waals surface area (Å²) in [5.74, 6) is -0.786. The fraction of sp³-hybridized carbons (Fsp3) is 0.0588. The maximum Gasteiger partial charge on any atom is 0.205 e. The van der Waals surface area contributed by atoms with Crippen molar-refractivity contribution in [3.63, 3.8) is 0 Å². The van der Waals surface area contributed by atoms with E-state index in [0.29, 0.717) is 5.39 Å². The summed E-state index contributed by atoms with van der Waals surface area (Å²) in [5.41, 5.74) is 0.147. The highest BCUT2D eigenvalue weighted by molar-refractivity contribution is 6.15. The number of aromatic hydroxyl groups is 1. The molecule has 1 heterocycles. The minimum absolute atomic E-state index is 0.0923. The summed E-state index contributed by atoms with van der Waals surface area (Å²) in [5, 5.41) is 11.6. The number of rotatable bonds is 4. The third-order valence-corrected chi connectivity index (χ3v) is 3.32. The molecule has 0 spiro atoms. The van der Waals surface area contributed by atoms with Crippen LogP contribution < -0.4 is 0 Å². The summed E-state index contributed by atoms with van der Waals surface area (Å²) >= 11 is 0. The summed E-state index contributed by atoms with van der Waals surface area (Å²) in [7, 11) is 0. The molecule has 0 radical (unpaired) electrons. The van der Waals surface area contributed by atoms with E-state index in [1.165, 1.54) is 18.4 Å². The highest BCUT2D eigenvalue weighted by atomic mass is 16.3. The molecule has 0 saturated heterocycles. The van der Waals surface area contributed by atoms with Gasteiger partial charge in [0.1, 0.15) is 5.75 Å². The Morgan fingerprint density at radius 2 is 1.76 bits per heavy atom. The van der Waals surface area contributed by atoms with E-state index in [9.17, 15) is 14.7 Å². The number of fused-ring (bicyclic) bond motifs is 1. The number of hydrogen-bond donors (Lipinski definition) is 1. The molecule has 0 atom stereocenters. The summed E-state index contributed by atoms with van der Waals surface area (Å²) in [4.78, 5) is 24.1. The lowest BCUT2D eigenvalue weighted by Gasteiger charge is -2.06. The van der Waals surface area contributed by atoms with Crippen molar-refractivity contribution in [3.05, 3.63) is 66.1 Å². The van der Waals surface area contributed by atoms with E-state index in [2.05, 4.69) is 0 Å². The monoisotopic (exact) mass is 280 g/mol. The van der Waals surface area contributed by atoms with Gasteiger partial charge in [-0.2, -0.15) is 0 Å². The van der Waals surface area contributed by atoms with Crippen molar-refractivity contribution in [2.24, 2.45) is 0 Å². The first kappa shape index (κ1) is 13.1. The average molecular weight is 280 g/mol. The average Bonchev–Trinajstić information content (AvgIpc) is 3.02. The smallest absolute Gasteiger partial charge is 0.205 e. The lowest BCUT2D eigenvalue weighted by Crippen LogP contribution is -2.08. The van der Waals surface area contributed by atoms with Crippen molar-refractivity contribution in [2.45, 2.75) is 6.42 Å². The number of phenolic OH excluding ortho intramolecular Hbond substituents is 1. The summed E-state index contributed by atoms with van der Waals surface area (Å²) in [6.45, 7) is 0. The first-order valence-corrected chi connectivity index (χ1v) is 6.47. The van der Waals surface area contributed by atoms with Crippen LogP contribution in [0, 0.1) is 0 Å². The van der Waals surface area contributed by atoms with Gasteiger partial charge in [-0.05, 0) is 23.6 Å². The number of hydrogen-bond acceptors (Lipinski definition) is 4. The van der Waals surface area contributed by atoms with Crippen molar-refractivity contribution < 1.29 is 19.1 Å². The van der Waals surface area contributed by atoms with E-state index in [0.717, 1.165) is 5.39 Å². The van der Waals surface area contributed by atoms with E-state index >= 15 is 0 Å². The fourth-order valence-electron chi connectivity index (χ4n) is 2.25. The summed E-state index contributed by atoms with van der Waals surface area (Å²) < 4.78 is 4.97. The van der Waals surface area contributed by atoms with Gasteiger partial charge in [-0.15, -0.1) is 0 Å². The molecule has 0 bridgehead atoms. The molecular weight excluding hydrogens is 268 g/mol. The normalized spacial score (nSPS) is 10.7. The molecule has 0 saturated carbocycles. The molecule has 21 heavy (non-hydrogen) atoms. The standard InChI is InChI=1S/C17H12O4/c18-14(10-15(19)16-6-3-9-21-16)13-8-7-11-4-1-2-5-12(11)17(13)20/h1-9,20H,10H2. The molecule has 1 aromatic heterocycles. The second-order valence-electron chi connectivity index (χ2n) is 4.68. The molecule has 0 amide bonds. The molecule has 0 aliphatic carbocycles. The Bertz CT molecular complexity index is 816. The largest absolute Gasteiger partial charge is 0.507 e. The first-order chi connectivity index (χ1) is 10.2. The minimum Gasteiger partial charge on any atom is -0.507 e. The van der Waals surface area contributed by atoms with Gasteiger partial charge in [0.25, 0.3) is 0 Å². The number of carbonyl (C=O) groups is 2. The molecule has 1 N–H and O–H groups in total. The Balaban J connectivity index is 1.91. The Morgan fingerprint density at radius 1 is 0.952 bits per heavy atom. The van der Waals surface area contributed by atoms with Gasteiger partial charge >= 0.3 is 0 Å². The van der Waals surface area contributed by atoms with E-state index < -0.39 is 11.6 Å². The molecule has 0 aliphatic rings. The van der Waals surface area contributed by atoms with Crippen molar-refractivity contribution in [1.29, 1.82) is 0 Å². The highest BCUT2D eigenvalue weighted by Crippen LogP contribution is 2.29. The van der Waals surface area contributed by atoms with Gasteiger partial charge < -0.3 is 9.52 Å². The fourth-order valence-corrected chi connectivity index (χ4v) is 2.25. The van der Waals surface area contributed by atoms with Crippen LogP contribution in [0.2, 0.25) is 0 Å². The Hall–Kier alpha value is -2.88. The van der Waals surface area contributed by atoms with Crippen LogP contribution >= 0.6 is 0 Å². The maximum atomic E-state index is 12.2. The number of ketones is 2. The van der Waals surface area contributed by atoms with Gasteiger partial charge in [-0.3, -0.25) is 9.59 Å². The molecule has 0 aliphatic heterocycles. The Kier molecular flexibility index (Phi) is 3.28. The molecule has 2 aromatic carbocycles. The highest BCUT2D eigenvalue weighted by Gasteiger charge is 2.19.